The van der Waals surface area contributed by atoms with E-state index < -0.39 is 12.6 Å². The van der Waals surface area contributed by atoms with Crippen LogP contribution in [0.15, 0.2) is 23.4 Å². The second-order valence-electron chi connectivity index (χ2n) is 7.00. The Bertz CT molecular complexity index is 705. The summed E-state index contributed by atoms with van der Waals surface area (Å²) in [5, 5.41) is 12.8. The van der Waals surface area contributed by atoms with Crippen molar-refractivity contribution in [1.29, 1.82) is 0 Å². The highest BCUT2D eigenvalue weighted by Gasteiger charge is 2.50. The van der Waals surface area contributed by atoms with Crippen molar-refractivity contribution in [3.63, 3.8) is 0 Å². The second-order valence-corrected chi connectivity index (χ2v) is 7.00. The summed E-state index contributed by atoms with van der Waals surface area (Å²) in [5.74, 6) is 0.468. The van der Waals surface area contributed by atoms with Gasteiger partial charge in [0.05, 0.1) is 19.9 Å². The van der Waals surface area contributed by atoms with Gasteiger partial charge < -0.3 is 24.3 Å². The first-order valence-corrected chi connectivity index (χ1v) is 8.82. The molecule has 2 fully saturated rings. The van der Waals surface area contributed by atoms with E-state index in [4.69, 9.17) is 19.4 Å². The van der Waals surface area contributed by atoms with Gasteiger partial charge in [-0.15, -0.1) is 0 Å². The Hall–Kier alpha value is -2.28. The van der Waals surface area contributed by atoms with Crippen molar-refractivity contribution in [3.05, 3.63) is 23.8 Å². The minimum absolute atomic E-state index is 0.0418. The molecule has 7 heteroatoms. The molecule has 1 aromatic rings. The molecule has 142 valence electrons. The number of likely N-dealkylation sites (tertiary alicyclic amines) is 1. The number of oxime groups is 1. The number of hydrogen-bond donors (Lipinski definition) is 1. The molecule has 1 saturated carbocycles. The third kappa shape index (κ3) is 3.35. The zero-order chi connectivity index (χ0) is 18.7. The topological polar surface area (TPSA) is 80.6 Å². The molecule has 1 aromatic carbocycles. The number of aliphatic carboxylic acids is 1. The third-order valence-corrected chi connectivity index (χ3v) is 5.71. The zero-order valence-electron chi connectivity index (χ0n) is 15.5. The van der Waals surface area contributed by atoms with Gasteiger partial charge in [-0.3, -0.25) is 0 Å². The molecule has 26 heavy (non-hydrogen) atoms. The second kappa shape index (κ2) is 7.53. The summed E-state index contributed by atoms with van der Waals surface area (Å²) in [7, 11) is 5.43. The summed E-state index contributed by atoms with van der Waals surface area (Å²) >= 11 is 0. The van der Waals surface area contributed by atoms with Gasteiger partial charge in [0.1, 0.15) is 0 Å². The van der Waals surface area contributed by atoms with Crippen molar-refractivity contribution in [2.75, 3.05) is 34.4 Å². The van der Waals surface area contributed by atoms with Crippen LogP contribution in [0, 0.1) is 0 Å². The highest BCUT2D eigenvalue weighted by atomic mass is 16.6. The van der Waals surface area contributed by atoms with E-state index in [2.05, 4.69) is 29.2 Å². The lowest BCUT2D eigenvalue weighted by atomic mass is 9.65. The number of carbonyl (C=O) groups is 1. The highest BCUT2D eigenvalue weighted by Crippen LogP contribution is 2.49. The van der Waals surface area contributed by atoms with E-state index in [0.29, 0.717) is 6.04 Å². The number of methoxy groups -OCH3 is 2. The van der Waals surface area contributed by atoms with Crippen molar-refractivity contribution < 1.29 is 24.2 Å². The fraction of sp³-hybridized carbons (Fsp3) is 0.579. The summed E-state index contributed by atoms with van der Waals surface area (Å²) in [4.78, 5) is 17.9. The van der Waals surface area contributed by atoms with E-state index in [-0.39, 0.29) is 5.41 Å². The first-order chi connectivity index (χ1) is 12.5. The molecular formula is C19H26N2O5. The fourth-order valence-corrected chi connectivity index (χ4v) is 4.34. The van der Waals surface area contributed by atoms with Crippen molar-refractivity contribution in [2.24, 2.45) is 5.16 Å². The molecule has 0 radical (unpaired) electrons. The van der Waals surface area contributed by atoms with Crippen molar-refractivity contribution in [1.82, 2.24) is 4.90 Å². The molecule has 1 heterocycles. The van der Waals surface area contributed by atoms with E-state index in [0.717, 1.165) is 49.4 Å². The number of carboxylic acid groups (broad SMARTS) is 1. The van der Waals surface area contributed by atoms with Crippen LogP contribution < -0.4 is 9.47 Å². The van der Waals surface area contributed by atoms with Gasteiger partial charge in [-0.05, 0) is 50.6 Å². The van der Waals surface area contributed by atoms with E-state index in [1.54, 1.807) is 14.2 Å². The first kappa shape index (κ1) is 18.5. The largest absolute Gasteiger partial charge is 0.493 e. The summed E-state index contributed by atoms with van der Waals surface area (Å²) in [6.07, 6.45) is 3.61. The predicted molar refractivity (Wildman–Crippen MR) is 97.1 cm³/mol. The van der Waals surface area contributed by atoms with Gasteiger partial charge in [0.2, 0.25) is 6.61 Å². The van der Waals surface area contributed by atoms with Crippen LogP contribution in [0.4, 0.5) is 0 Å². The highest BCUT2D eigenvalue weighted by molar-refractivity contribution is 5.86. The van der Waals surface area contributed by atoms with Gasteiger partial charge in [0.25, 0.3) is 0 Å². The molecular weight excluding hydrogens is 336 g/mol. The van der Waals surface area contributed by atoms with Crippen LogP contribution in [0.1, 0.15) is 31.2 Å². The van der Waals surface area contributed by atoms with Gasteiger partial charge in [-0.25, -0.2) is 4.79 Å². The van der Waals surface area contributed by atoms with Gasteiger partial charge in [-0.2, -0.15) is 0 Å². The third-order valence-electron chi connectivity index (χ3n) is 5.71. The quantitative estimate of drug-likeness (QED) is 0.782. The van der Waals surface area contributed by atoms with Crippen LogP contribution in [0.2, 0.25) is 0 Å². The van der Waals surface area contributed by atoms with Gasteiger partial charge in [0, 0.05) is 17.9 Å². The van der Waals surface area contributed by atoms with E-state index in [9.17, 15) is 4.79 Å². The molecule has 1 N–H and O–H groups in total. The average Bonchev–Trinajstić information content (AvgIpc) is 2.98. The van der Waals surface area contributed by atoms with Crippen LogP contribution >= 0.6 is 0 Å². The van der Waals surface area contributed by atoms with E-state index >= 15 is 0 Å². The molecule has 0 aromatic heterocycles. The Balaban J connectivity index is 1.86. The van der Waals surface area contributed by atoms with Gasteiger partial charge in [-0.1, -0.05) is 11.2 Å². The maximum Gasteiger partial charge on any atom is 0.344 e. The van der Waals surface area contributed by atoms with Crippen LogP contribution in [0.25, 0.3) is 0 Å². The lowest BCUT2D eigenvalue weighted by Gasteiger charge is -2.42. The molecule has 1 aliphatic heterocycles. The maximum atomic E-state index is 10.6. The molecule has 2 atom stereocenters. The van der Waals surface area contributed by atoms with Crippen molar-refractivity contribution >= 4 is 11.7 Å². The lowest BCUT2D eigenvalue weighted by molar-refractivity contribution is -0.142. The lowest BCUT2D eigenvalue weighted by Crippen LogP contribution is -2.46. The summed E-state index contributed by atoms with van der Waals surface area (Å²) in [5.41, 5.74) is 2.23. The standard InChI is InChI=1S/C19H26N2O5/c1-21-9-8-19(13-4-5-15(24-2)16(10-13)25-3)7-6-14(11-17(19)21)20-26-12-18(22)23/h4-5,10,17H,6-9,11-12H2,1-3H3,(H,22,23)/b20-14+/t17-,19-/m0/s1. The maximum absolute atomic E-state index is 10.6. The first-order valence-electron chi connectivity index (χ1n) is 8.82. The minimum Gasteiger partial charge on any atom is -0.493 e. The Labute approximate surface area is 153 Å². The number of likely N-dealkylation sites (N-methyl/N-ethyl adjacent to an activating group) is 1. The van der Waals surface area contributed by atoms with Crippen molar-refractivity contribution in [2.45, 2.75) is 37.1 Å². The Morgan fingerprint density at radius 1 is 1.31 bits per heavy atom. The Morgan fingerprint density at radius 3 is 2.77 bits per heavy atom. The number of hydrogen-bond acceptors (Lipinski definition) is 6. The average molecular weight is 362 g/mol. The Kier molecular flexibility index (Phi) is 5.36. The number of nitrogens with zero attached hydrogens (tertiary/aromatic N) is 2. The van der Waals surface area contributed by atoms with Crippen LogP contribution in [-0.2, 0) is 15.0 Å². The van der Waals surface area contributed by atoms with E-state index in [1.807, 2.05) is 6.07 Å². The molecule has 0 bridgehead atoms. The molecule has 2 aliphatic rings. The zero-order valence-corrected chi connectivity index (χ0v) is 15.5. The number of rotatable bonds is 6. The molecule has 1 aliphatic carbocycles. The van der Waals surface area contributed by atoms with Gasteiger partial charge >= 0.3 is 5.97 Å². The summed E-state index contributed by atoms with van der Waals surface area (Å²) in [6.45, 7) is 0.618. The molecule has 0 amide bonds. The molecule has 1 saturated heterocycles. The van der Waals surface area contributed by atoms with Crippen LogP contribution in [0.5, 0.6) is 11.5 Å². The summed E-state index contributed by atoms with van der Waals surface area (Å²) in [6, 6.07) is 6.50. The number of ether oxygens (including phenoxy) is 2. The SMILES string of the molecule is COc1ccc([C@@]23CC/C(=N\OCC(=O)O)C[C@@H]2N(C)CC3)cc1OC. The number of benzene rings is 1. The normalized spacial score (nSPS) is 27.2. The monoisotopic (exact) mass is 362 g/mol. The Morgan fingerprint density at radius 2 is 2.08 bits per heavy atom. The minimum atomic E-state index is -1.01. The smallest absolute Gasteiger partial charge is 0.344 e. The van der Waals surface area contributed by atoms with Crippen LogP contribution in [0.3, 0.4) is 0 Å². The molecule has 0 unspecified atom stereocenters. The number of carboxylic acids is 1. The molecule has 3 rings (SSSR count). The fourth-order valence-electron chi connectivity index (χ4n) is 4.34. The molecule has 0 spiro atoms. The van der Waals surface area contributed by atoms with Crippen molar-refractivity contribution in [3.8, 4) is 11.5 Å². The van der Waals surface area contributed by atoms with E-state index in [1.165, 1.54) is 5.56 Å². The number of fused-ring (bicyclic) bond motifs is 1. The van der Waals surface area contributed by atoms with Crippen LogP contribution in [-0.4, -0.2) is 62.1 Å². The summed E-state index contributed by atoms with van der Waals surface area (Å²) < 4.78 is 10.9. The van der Waals surface area contributed by atoms with Gasteiger partial charge in [0.15, 0.2) is 11.5 Å². The predicted octanol–water partition coefficient (Wildman–Crippen LogP) is 2.29. The molecule has 7 nitrogen and oxygen atoms in total.